The number of methoxy groups -OCH3 is 1. The average Bonchev–Trinajstić information content (AvgIpc) is 3.33. The van der Waals surface area contributed by atoms with Gasteiger partial charge < -0.3 is 9.84 Å². The molecular weight excluding hydrogens is 638 g/mol. The van der Waals surface area contributed by atoms with Gasteiger partial charge in [0.2, 0.25) is 17.6 Å². The van der Waals surface area contributed by atoms with Crippen molar-refractivity contribution in [2.24, 2.45) is 17.8 Å². The van der Waals surface area contributed by atoms with Gasteiger partial charge in [-0.25, -0.2) is 26.9 Å². The van der Waals surface area contributed by atoms with Crippen LogP contribution in [0.15, 0.2) is 29.8 Å². The van der Waals surface area contributed by atoms with Gasteiger partial charge >= 0.3 is 0 Å². The molecule has 2 aliphatic heterocycles. The number of imide groups is 2. The molecule has 0 radical (unpaired) electrons. The summed E-state index contributed by atoms with van der Waals surface area (Å²) in [5, 5.41) is 10.1. The van der Waals surface area contributed by atoms with E-state index in [1.165, 1.54) is 19.2 Å². The van der Waals surface area contributed by atoms with E-state index >= 15 is 8.78 Å². The second kappa shape index (κ2) is 9.90. The van der Waals surface area contributed by atoms with Crippen LogP contribution in [0.25, 0.3) is 0 Å². The highest BCUT2D eigenvalue weighted by Crippen LogP contribution is 2.66. The Morgan fingerprint density at radius 1 is 0.932 bits per heavy atom. The van der Waals surface area contributed by atoms with Gasteiger partial charge in [0.15, 0.2) is 33.0 Å². The first kappa shape index (κ1) is 30.3. The van der Waals surface area contributed by atoms with Crippen LogP contribution in [0.5, 0.6) is 11.5 Å². The Kier molecular flexibility index (Phi) is 6.82. The molecule has 4 amide bonds. The molecule has 0 unspecified atom stereocenters. The van der Waals surface area contributed by atoms with Crippen LogP contribution in [-0.4, -0.2) is 57.0 Å². The third kappa shape index (κ3) is 3.56. The van der Waals surface area contributed by atoms with Crippen LogP contribution >= 0.6 is 23.2 Å². The van der Waals surface area contributed by atoms with Crippen molar-refractivity contribution in [2.75, 3.05) is 18.6 Å². The number of carbonyl (C=O) groups excluding carboxylic acids is 4. The number of carbonyl (C=O) groups is 4. The minimum Gasteiger partial charge on any atom is -0.508 e. The van der Waals surface area contributed by atoms with Gasteiger partial charge in [0.05, 0.1) is 18.9 Å². The lowest BCUT2D eigenvalue weighted by atomic mass is 9.56. The van der Waals surface area contributed by atoms with Gasteiger partial charge in [0, 0.05) is 24.1 Å². The quantitative estimate of drug-likeness (QED) is 0.128. The number of amides is 4. The molecule has 0 aromatic heterocycles. The number of allylic oxidation sites excluding steroid dienone is 2. The van der Waals surface area contributed by atoms with E-state index in [-0.39, 0.29) is 40.5 Å². The highest BCUT2D eigenvalue weighted by Gasteiger charge is 2.77. The zero-order valence-electron chi connectivity index (χ0n) is 22.8. The lowest BCUT2D eigenvalue weighted by Crippen LogP contribution is -2.60. The Morgan fingerprint density at radius 2 is 1.55 bits per heavy atom. The van der Waals surface area contributed by atoms with E-state index < -0.39 is 98.2 Å². The number of ether oxygens (including phenoxy) is 1. The smallest absolute Gasteiger partial charge is 0.258 e. The van der Waals surface area contributed by atoms with Gasteiger partial charge in [-0.2, -0.15) is 0 Å². The summed E-state index contributed by atoms with van der Waals surface area (Å²) in [6.07, 6.45) is 1.00. The first-order valence-corrected chi connectivity index (χ1v) is 14.1. The number of aromatic hydroxyl groups is 1. The Labute approximate surface area is 255 Å². The lowest BCUT2D eigenvalue weighted by Gasteiger charge is -2.50. The largest absolute Gasteiger partial charge is 0.508 e. The summed E-state index contributed by atoms with van der Waals surface area (Å²) in [7, 11) is 1.22. The fourth-order valence-corrected chi connectivity index (χ4v) is 8.15. The molecule has 6 atom stereocenters. The predicted octanol–water partition coefficient (Wildman–Crippen LogP) is 4.68. The Bertz CT molecular complexity index is 1710. The predicted molar refractivity (Wildman–Crippen MR) is 143 cm³/mol. The van der Waals surface area contributed by atoms with Crippen LogP contribution in [0.3, 0.4) is 0 Å². The maximum atomic E-state index is 15.1. The molecule has 2 heterocycles. The van der Waals surface area contributed by atoms with Crippen molar-refractivity contribution < 1.29 is 51.0 Å². The third-order valence-corrected chi connectivity index (χ3v) is 10.6. The Balaban J connectivity index is 1.63. The van der Waals surface area contributed by atoms with Crippen molar-refractivity contribution in [1.82, 2.24) is 4.90 Å². The molecule has 8 nitrogen and oxygen atoms in total. The fraction of sp³-hybridized carbons (Fsp3) is 0.379. The van der Waals surface area contributed by atoms with Gasteiger partial charge in [-0.3, -0.25) is 24.1 Å². The van der Waals surface area contributed by atoms with E-state index in [4.69, 9.17) is 27.9 Å². The van der Waals surface area contributed by atoms with Crippen molar-refractivity contribution in [1.29, 1.82) is 0 Å². The SMILES string of the molecule is CCN1C(=O)[C@H]2[C@H](CC=C3[C@H]2C[C@@]2(Cl)C(=O)N(c4c(F)c(F)c(F)c(F)c4F)C(=O)[C@@]2(Cl)[C@H]3c2ccc(O)cc2OC)C1=O. The van der Waals surface area contributed by atoms with E-state index in [9.17, 15) is 37.5 Å². The molecule has 4 aliphatic rings. The van der Waals surface area contributed by atoms with Crippen LogP contribution in [0.4, 0.5) is 27.6 Å². The summed E-state index contributed by atoms with van der Waals surface area (Å²) in [6.45, 7) is 1.65. The maximum Gasteiger partial charge on any atom is 0.258 e. The summed E-state index contributed by atoms with van der Waals surface area (Å²) < 4.78 is 78.0. The summed E-state index contributed by atoms with van der Waals surface area (Å²) >= 11 is 14.1. The van der Waals surface area contributed by atoms with E-state index in [1.807, 2.05) is 0 Å². The van der Waals surface area contributed by atoms with Gasteiger partial charge in [-0.1, -0.05) is 17.7 Å². The first-order valence-electron chi connectivity index (χ1n) is 13.4. The van der Waals surface area contributed by atoms with Crippen molar-refractivity contribution in [3.05, 3.63) is 64.5 Å². The number of alkyl halides is 2. The molecule has 2 aromatic rings. The van der Waals surface area contributed by atoms with Gasteiger partial charge in [0.25, 0.3) is 11.8 Å². The number of halogens is 7. The number of hydrogen-bond acceptors (Lipinski definition) is 6. The van der Waals surface area contributed by atoms with E-state index in [1.54, 1.807) is 13.0 Å². The normalized spacial score (nSPS) is 31.2. The minimum atomic E-state index is -2.68. The van der Waals surface area contributed by atoms with Crippen LogP contribution in [-0.2, 0) is 19.2 Å². The number of benzene rings is 2. The molecule has 2 aromatic carbocycles. The second-order valence-corrected chi connectivity index (χ2v) is 12.3. The number of nitrogens with zero attached hydrogens (tertiary/aromatic N) is 2. The van der Waals surface area contributed by atoms with Crippen molar-refractivity contribution in [3.63, 3.8) is 0 Å². The lowest BCUT2D eigenvalue weighted by molar-refractivity contribution is -0.140. The zero-order chi connectivity index (χ0) is 32.2. The van der Waals surface area contributed by atoms with Crippen LogP contribution in [0, 0.1) is 46.8 Å². The summed E-state index contributed by atoms with van der Waals surface area (Å²) in [5.74, 6) is -21.2. The minimum absolute atomic E-state index is 0.0280. The number of phenolic OH excluding ortho intramolecular Hbond substituents is 1. The number of hydrogen-bond donors (Lipinski definition) is 1. The molecule has 0 spiro atoms. The van der Waals surface area contributed by atoms with Crippen molar-refractivity contribution in [3.8, 4) is 11.5 Å². The van der Waals surface area contributed by atoms with Crippen LogP contribution in [0.1, 0.15) is 31.2 Å². The molecule has 1 saturated carbocycles. The molecule has 44 heavy (non-hydrogen) atoms. The third-order valence-electron chi connectivity index (χ3n) is 9.16. The maximum absolute atomic E-state index is 15.1. The van der Waals surface area contributed by atoms with E-state index in [0.29, 0.717) is 0 Å². The number of phenols is 1. The summed E-state index contributed by atoms with van der Waals surface area (Å²) in [4.78, 5) is 50.4. The van der Waals surface area contributed by atoms with Gasteiger partial charge in [0.1, 0.15) is 17.2 Å². The number of anilines is 1. The fourth-order valence-electron chi connectivity index (χ4n) is 7.23. The highest BCUT2D eigenvalue weighted by molar-refractivity contribution is 6.58. The monoisotopic (exact) mass is 658 g/mol. The molecule has 232 valence electrons. The van der Waals surface area contributed by atoms with E-state index in [0.717, 1.165) is 11.0 Å². The van der Waals surface area contributed by atoms with Crippen LogP contribution < -0.4 is 9.64 Å². The molecule has 6 rings (SSSR count). The molecule has 2 saturated heterocycles. The van der Waals surface area contributed by atoms with Crippen molar-refractivity contribution in [2.45, 2.75) is 35.4 Å². The van der Waals surface area contributed by atoms with E-state index in [2.05, 4.69) is 0 Å². The van der Waals surface area contributed by atoms with Gasteiger partial charge in [-0.15, -0.1) is 23.2 Å². The molecule has 1 N–H and O–H groups in total. The van der Waals surface area contributed by atoms with Gasteiger partial charge in [-0.05, 0) is 31.7 Å². The summed E-state index contributed by atoms with van der Waals surface area (Å²) in [6, 6.07) is 3.66. The van der Waals surface area contributed by atoms with Crippen LogP contribution in [0.2, 0.25) is 0 Å². The number of fused-ring (bicyclic) bond motifs is 4. The highest BCUT2D eigenvalue weighted by atomic mass is 35.5. The zero-order valence-corrected chi connectivity index (χ0v) is 24.3. The number of likely N-dealkylation sites (tertiary alicyclic amines) is 1. The second-order valence-electron chi connectivity index (χ2n) is 11.0. The van der Waals surface area contributed by atoms with Crippen molar-refractivity contribution >= 4 is 52.5 Å². The molecule has 15 heteroatoms. The topological polar surface area (TPSA) is 104 Å². The average molecular weight is 659 g/mol. The Hall–Kier alpha value is -3.71. The summed E-state index contributed by atoms with van der Waals surface area (Å²) in [5.41, 5.74) is -1.52. The standard InChI is InChI=1S/C29H21Cl2F5N2O6/c1-3-37-24(40)13-7-6-11-14(16(13)25(37)41)9-28(30)26(42)38(23-21(35)19(33)18(32)20(34)22(23)36)27(43)29(28,31)17(11)12-5-4-10(39)8-15(12)44-2/h4-6,8,13-14,16-17,39H,3,7,9H2,1-2H3/t13-,14+,16-,17+,28+,29-/m0/s1. The Morgan fingerprint density at radius 3 is 2.14 bits per heavy atom. The first-order chi connectivity index (χ1) is 20.7. The molecule has 3 fully saturated rings. The molecule has 0 bridgehead atoms. The molecule has 2 aliphatic carbocycles. The molecular formula is C29H21Cl2F5N2O6. The number of rotatable bonds is 4.